The van der Waals surface area contributed by atoms with Crippen LogP contribution in [-0.4, -0.2) is 36.0 Å². The number of rotatable bonds is 3. The van der Waals surface area contributed by atoms with Crippen molar-refractivity contribution >= 4 is 11.8 Å². The second-order valence-corrected chi connectivity index (χ2v) is 5.29. The van der Waals surface area contributed by atoms with E-state index in [1.54, 1.807) is 19.1 Å². The first-order valence-corrected chi connectivity index (χ1v) is 6.96. The SMILES string of the molecule is Cc1ccc(CNC(=O)C2CCN(C(=O)C(F)(F)F)CC2)o1. The van der Waals surface area contributed by atoms with Gasteiger partial charge in [0.25, 0.3) is 0 Å². The number of aryl methyl sites for hydroxylation is 1. The zero-order chi connectivity index (χ0) is 16.3. The van der Waals surface area contributed by atoms with E-state index >= 15 is 0 Å². The predicted molar refractivity (Wildman–Crippen MR) is 70.7 cm³/mol. The third kappa shape index (κ3) is 4.02. The van der Waals surface area contributed by atoms with Gasteiger partial charge in [0.1, 0.15) is 11.5 Å². The van der Waals surface area contributed by atoms with Crippen molar-refractivity contribution in [3.8, 4) is 0 Å². The zero-order valence-electron chi connectivity index (χ0n) is 12.1. The van der Waals surface area contributed by atoms with E-state index in [-0.39, 0.29) is 44.3 Å². The maximum Gasteiger partial charge on any atom is 0.471 e. The standard InChI is InChI=1S/C14H17F3N2O3/c1-9-2-3-11(22-9)8-18-12(20)10-4-6-19(7-5-10)13(21)14(15,16)17/h2-3,10H,4-8H2,1H3,(H,18,20). The highest BCUT2D eigenvalue weighted by Gasteiger charge is 2.43. The molecular weight excluding hydrogens is 301 g/mol. The molecule has 1 N–H and O–H groups in total. The van der Waals surface area contributed by atoms with Crippen LogP contribution in [-0.2, 0) is 16.1 Å². The molecule has 2 amide bonds. The molecule has 0 bridgehead atoms. The van der Waals surface area contributed by atoms with Crippen molar-refractivity contribution in [1.29, 1.82) is 0 Å². The molecule has 8 heteroatoms. The number of hydrogen-bond donors (Lipinski definition) is 1. The van der Waals surface area contributed by atoms with Gasteiger partial charge in [0.05, 0.1) is 6.54 Å². The summed E-state index contributed by atoms with van der Waals surface area (Å²) in [6.45, 7) is 1.92. The highest BCUT2D eigenvalue weighted by atomic mass is 19.4. The van der Waals surface area contributed by atoms with Gasteiger partial charge in [-0.2, -0.15) is 13.2 Å². The smallest absolute Gasteiger partial charge is 0.465 e. The number of nitrogens with zero attached hydrogens (tertiary/aromatic N) is 1. The molecule has 1 aliphatic rings. The molecule has 1 aromatic rings. The second-order valence-electron chi connectivity index (χ2n) is 5.29. The molecule has 1 fully saturated rings. The van der Waals surface area contributed by atoms with Crippen molar-refractivity contribution in [2.24, 2.45) is 5.92 Å². The minimum absolute atomic E-state index is 0.0592. The molecule has 1 aliphatic heterocycles. The molecule has 0 aliphatic carbocycles. The molecule has 122 valence electrons. The van der Waals surface area contributed by atoms with E-state index in [1.807, 2.05) is 0 Å². The number of carbonyl (C=O) groups is 2. The first-order valence-electron chi connectivity index (χ1n) is 6.96. The lowest BCUT2D eigenvalue weighted by molar-refractivity contribution is -0.186. The number of piperidine rings is 1. The van der Waals surface area contributed by atoms with Crippen molar-refractivity contribution in [1.82, 2.24) is 10.2 Å². The molecule has 2 rings (SSSR count). The minimum atomic E-state index is -4.85. The zero-order valence-corrected chi connectivity index (χ0v) is 12.1. The van der Waals surface area contributed by atoms with Crippen molar-refractivity contribution < 1.29 is 27.2 Å². The quantitative estimate of drug-likeness (QED) is 0.927. The summed E-state index contributed by atoms with van der Waals surface area (Å²) in [5.74, 6) is -1.09. The van der Waals surface area contributed by atoms with Crippen molar-refractivity contribution in [2.45, 2.75) is 32.5 Å². The van der Waals surface area contributed by atoms with Gasteiger partial charge in [-0.05, 0) is 31.9 Å². The van der Waals surface area contributed by atoms with Crippen LogP contribution in [0.25, 0.3) is 0 Å². The summed E-state index contributed by atoms with van der Waals surface area (Å²) in [5, 5.41) is 2.70. The summed E-state index contributed by atoms with van der Waals surface area (Å²) in [6.07, 6.45) is -4.40. The van der Waals surface area contributed by atoms with Gasteiger partial charge in [-0.25, -0.2) is 0 Å². The molecular formula is C14H17F3N2O3. The van der Waals surface area contributed by atoms with Crippen LogP contribution in [0.4, 0.5) is 13.2 Å². The van der Waals surface area contributed by atoms with Crippen molar-refractivity contribution in [3.05, 3.63) is 23.7 Å². The van der Waals surface area contributed by atoms with Crippen LogP contribution in [0.5, 0.6) is 0 Å². The number of furan rings is 1. The second kappa shape index (κ2) is 6.41. The van der Waals surface area contributed by atoms with Crippen LogP contribution in [0.1, 0.15) is 24.4 Å². The Morgan fingerprint density at radius 3 is 2.45 bits per heavy atom. The summed E-state index contributed by atoms with van der Waals surface area (Å²) >= 11 is 0. The number of carbonyl (C=O) groups excluding carboxylic acids is 2. The summed E-state index contributed by atoms with van der Waals surface area (Å²) in [4.78, 5) is 23.8. The Labute approximate surface area is 125 Å². The molecule has 1 aromatic heterocycles. The largest absolute Gasteiger partial charge is 0.471 e. The first kappa shape index (κ1) is 16.4. The van der Waals surface area contributed by atoms with Crippen molar-refractivity contribution in [3.63, 3.8) is 0 Å². The summed E-state index contributed by atoms with van der Waals surface area (Å²) in [7, 11) is 0. The molecule has 1 saturated heterocycles. The molecule has 2 heterocycles. The average molecular weight is 318 g/mol. The third-order valence-corrected chi connectivity index (χ3v) is 3.63. The Bertz CT molecular complexity index is 546. The maximum atomic E-state index is 12.3. The van der Waals surface area contributed by atoms with Gasteiger partial charge in [0.2, 0.25) is 5.91 Å². The van der Waals surface area contributed by atoms with E-state index in [9.17, 15) is 22.8 Å². The van der Waals surface area contributed by atoms with E-state index in [1.165, 1.54) is 0 Å². The molecule has 0 radical (unpaired) electrons. The van der Waals surface area contributed by atoms with Gasteiger partial charge in [-0.15, -0.1) is 0 Å². The molecule has 0 unspecified atom stereocenters. The summed E-state index contributed by atoms with van der Waals surface area (Å²) in [6, 6.07) is 3.53. The predicted octanol–water partition coefficient (Wildman–Crippen LogP) is 2.01. The maximum absolute atomic E-state index is 12.3. The van der Waals surface area contributed by atoms with Gasteiger partial charge >= 0.3 is 12.1 Å². The van der Waals surface area contributed by atoms with E-state index in [4.69, 9.17) is 4.42 Å². The van der Waals surface area contributed by atoms with Crippen LogP contribution in [0.15, 0.2) is 16.5 Å². The number of alkyl halides is 3. The van der Waals surface area contributed by atoms with Crippen LogP contribution in [0, 0.1) is 12.8 Å². The average Bonchev–Trinajstić information content (AvgIpc) is 2.89. The van der Waals surface area contributed by atoms with Gasteiger partial charge < -0.3 is 14.6 Å². The number of hydrogen-bond acceptors (Lipinski definition) is 3. The van der Waals surface area contributed by atoms with Crippen molar-refractivity contribution in [2.75, 3.05) is 13.1 Å². The van der Waals surface area contributed by atoms with Gasteiger partial charge in [-0.1, -0.05) is 0 Å². The molecule has 0 aromatic carbocycles. The Balaban J connectivity index is 1.79. The fourth-order valence-electron chi connectivity index (χ4n) is 2.42. The Hall–Kier alpha value is -1.99. The highest BCUT2D eigenvalue weighted by Crippen LogP contribution is 2.24. The van der Waals surface area contributed by atoms with E-state index in [2.05, 4.69) is 5.32 Å². The number of likely N-dealkylation sites (tertiary alicyclic amines) is 1. The van der Waals surface area contributed by atoms with Gasteiger partial charge in [0.15, 0.2) is 0 Å². The number of halogens is 3. The topological polar surface area (TPSA) is 62.6 Å². The lowest BCUT2D eigenvalue weighted by Crippen LogP contribution is -2.47. The molecule has 0 atom stereocenters. The lowest BCUT2D eigenvalue weighted by atomic mass is 9.96. The Kier molecular flexibility index (Phi) is 4.77. The van der Waals surface area contributed by atoms with Crippen LogP contribution >= 0.6 is 0 Å². The lowest BCUT2D eigenvalue weighted by Gasteiger charge is -2.31. The fourth-order valence-corrected chi connectivity index (χ4v) is 2.42. The Morgan fingerprint density at radius 1 is 1.32 bits per heavy atom. The van der Waals surface area contributed by atoms with Gasteiger partial charge in [-0.3, -0.25) is 9.59 Å². The third-order valence-electron chi connectivity index (χ3n) is 3.63. The first-order chi connectivity index (χ1) is 10.3. The number of nitrogens with one attached hydrogen (secondary N) is 1. The fraction of sp³-hybridized carbons (Fsp3) is 0.571. The van der Waals surface area contributed by atoms with Crippen LogP contribution in [0.2, 0.25) is 0 Å². The molecule has 0 spiro atoms. The Morgan fingerprint density at radius 2 is 1.95 bits per heavy atom. The van der Waals surface area contributed by atoms with Crippen LogP contribution in [0.3, 0.4) is 0 Å². The van der Waals surface area contributed by atoms with E-state index in [0.29, 0.717) is 5.76 Å². The monoisotopic (exact) mass is 318 g/mol. The molecule has 22 heavy (non-hydrogen) atoms. The normalized spacial score (nSPS) is 16.6. The highest BCUT2D eigenvalue weighted by molar-refractivity contribution is 5.83. The summed E-state index contributed by atoms with van der Waals surface area (Å²) in [5.41, 5.74) is 0. The molecule has 0 saturated carbocycles. The molecule has 5 nitrogen and oxygen atoms in total. The van der Waals surface area contributed by atoms with E-state index < -0.39 is 12.1 Å². The number of amides is 2. The van der Waals surface area contributed by atoms with E-state index in [0.717, 1.165) is 10.7 Å². The summed E-state index contributed by atoms with van der Waals surface area (Å²) < 4.78 is 42.3. The minimum Gasteiger partial charge on any atom is -0.465 e. The van der Waals surface area contributed by atoms with Crippen LogP contribution < -0.4 is 5.32 Å². The van der Waals surface area contributed by atoms with Gasteiger partial charge in [0, 0.05) is 19.0 Å².